The zero-order valence-electron chi connectivity index (χ0n) is 11.8. The molecule has 2 aliphatic rings. The minimum atomic E-state index is -0.118. The number of nitrogens with one attached hydrogen (secondary N) is 2. The third-order valence-corrected chi connectivity index (χ3v) is 4.97. The predicted molar refractivity (Wildman–Crippen MR) is 74.4 cm³/mol. The van der Waals surface area contributed by atoms with Gasteiger partial charge in [0.05, 0.1) is 5.41 Å². The van der Waals surface area contributed by atoms with Gasteiger partial charge in [0.15, 0.2) is 0 Å². The lowest BCUT2D eigenvalue weighted by atomic mass is 9.83. The second-order valence-corrected chi connectivity index (χ2v) is 6.11. The van der Waals surface area contributed by atoms with Crippen molar-refractivity contribution in [2.24, 2.45) is 11.3 Å². The molecule has 2 N–H and O–H groups in total. The lowest BCUT2D eigenvalue weighted by molar-refractivity contribution is -0.130. The maximum absolute atomic E-state index is 12.3. The fraction of sp³-hybridized carbons (Fsp3) is 0.933. The molecule has 3 heteroatoms. The van der Waals surface area contributed by atoms with Gasteiger partial charge in [-0.2, -0.15) is 0 Å². The fourth-order valence-corrected chi connectivity index (χ4v) is 3.45. The number of carbonyl (C=O) groups excluding carboxylic acids is 1. The molecule has 18 heavy (non-hydrogen) atoms. The molecule has 3 nitrogen and oxygen atoms in total. The Morgan fingerprint density at radius 3 is 2.72 bits per heavy atom. The number of amides is 1. The molecule has 0 radical (unpaired) electrons. The van der Waals surface area contributed by atoms with E-state index in [1.165, 1.54) is 38.5 Å². The van der Waals surface area contributed by atoms with Crippen LogP contribution in [-0.4, -0.2) is 25.5 Å². The van der Waals surface area contributed by atoms with Gasteiger partial charge < -0.3 is 10.6 Å². The van der Waals surface area contributed by atoms with E-state index in [1.807, 2.05) is 0 Å². The van der Waals surface area contributed by atoms with Crippen molar-refractivity contribution in [2.75, 3.05) is 19.6 Å². The maximum atomic E-state index is 12.3. The van der Waals surface area contributed by atoms with E-state index < -0.39 is 0 Å². The molecule has 0 aromatic rings. The molecular weight excluding hydrogens is 224 g/mol. The average molecular weight is 252 g/mol. The second kappa shape index (κ2) is 6.55. The Hall–Kier alpha value is -0.570. The van der Waals surface area contributed by atoms with Crippen molar-refractivity contribution >= 4 is 5.91 Å². The molecule has 1 aliphatic carbocycles. The lowest BCUT2D eigenvalue weighted by Crippen LogP contribution is -2.42. The molecular formula is C15H28N2O. The van der Waals surface area contributed by atoms with Crippen molar-refractivity contribution in [2.45, 2.75) is 58.3 Å². The standard InChI is InChI=1S/C15H28N2O/c1-2-15(9-11-16-12-15)14(18)17-10-8-13-6-4-3-5-7-13/h13,16H,2-12H2,1H3,(H,17,18). The van der Waals surface area contributed by atoms with Crippen molar-refractivity contribution in [1.82, 2.24) is 10.6 Å². The minimum absolute atomic E-state index is 0.118. The van der Waals surface area contributed by atoms with Crippen molar-refractivity contribution in [1.29, 1.82) is 0 Å². The summed E-state index contributed by atoms with van der Waals surface area (Å²) in [5.74, 6) is 1.14. The molecule has 0 bridgehead atoms. The Balaban J connectivity index is 1.70. The van der Waals surface area contributed by atoms with Crippen LogP contribution in [0.1, 0.15) is 58.3 Å². The Morgan fingerprint density at radius 2 is 2.11 bits per heavy atom. The molecule has 1 amide bonds. The fourth-order valence-electron chi connectivity index (χ4n) is 3.45. The molecule has 1 unspecified atom stereocenters. The molecule has 1 heterocycles. The van der Waals surface area contributed by atoms with Crippen LogP contribution in [0.3, 0.4) is 0 Å². The number of hydrogen-bond acceptors (Lipinski definition) is 2. The summed E-state index contributed by atoms with van der Waals surface area (Å²) in [7, 11) is 0. The van der Waals surface area contributed by atoms with Crippen molar-refractivity contribution in [3.63, 3.8) is 0 Å². The van der Waals surface area contributed by atoms with Crippen molar-refractivity contribution in [3.05, 3.63) is 0 Å². The summed E-state index contributed by atoms with van der Waals surface area (Å²) in [4.78, 5) is 12.3. The predicted octanol–water partition coefficient (Wildman–Crippen LogP) is 2.46. The summed E-state index contributed by atoms with van der Waals surface area (Å²) >= 11 is 0. The highest BCUT2D eigenvalue weighted by molar-refractivity contribution is 5.83. The molecule has 104 valence electrons. The zero-order valence-corrected chi connectivity index (χ0v) is 11.8. The van der Waals surface area contributed by atoms with E-state index in [9.17, 15) is 4.79 Å². The van der Waals surface area contributed by atoms with Crippen LogP contribution in [0, 0.1) is 11.3 Å². The normalized spacial score (nSPS) is 29.4. The van der Waals surface area contributed by atoms with Crippen molar-refractivity contribution < 1.29 is 4.79 Å². The van der Waals surface area contributed by atoms with Gasteiger partial charge in [-0.05, 0) is 31.7 Å². The Labute approximate surface area is 111 Å². The van der Waals surface area contributed by atoms with Crippen LogP contribution in [0.15, 0.2) is 0 Å². The van der Waals surface area contributed by atoms with Crippen LogP contribution < -0.4 is 10.6 Å². The summed E-state index contributed by atoms with van der Waals surface area (Å²) in [5.41, 5.74) is -0.118. The first kappa shape index (κ1) is 13.9. The zero-order chi connectivity index (χ0) is 12.8. The molecule has 1 atom stereocenters. The van der Waals surface area contributed by atoms with Crippen LogP contribution in [0.5, 0.6) is 0 Å². The second-order valence-electron chi connectivity index (χ2n) is 6.11. The first-order chi connectivity index (χ1) is 8.77. The van der Waals surface area contributed by atoms with E-state index in [0.717, 1.165) is 38.4 Å². The van der Waals surface area contributed by atoms with Gasteiger partial charge in [-0.1, -0.05) is 39.0 Å². The molecule has 0 spiro atoms. The van der Waals surface area contributed by atoms with E-state index in [1.54, 1.807) is 0 Å². The largest absolute Gasteiger partial charge is 0.356 e. The topological polar surface area (TPSA) is 41.1 Å². The van der Waals surface area contributed by atoms with Gasteiger partial charge in [0, 0.05) is 13.1 Å². The van der Waals surface area contributed by atoms with Gasteiger partial charge in [0.2, 0.25) is 5.91 Å². The van der Waals surface area contributed by atoms with Crippen molar-refractivity contribution in [3.8, 4) is 0 Å². The first-order valence-electron chi connectivity index (χ1n) is 7.76. The summed E-state index contributed by atoms with van der Waals surface area (Å²) in [5, 5.41) is 6.51. The number of hydrogen-bond donors (Lipinski definition) is 2. The van der Waals surface area contributed by atoms with Crippen LogP contribution in [0.4, 0.5) is 0 Å². The average Bonchev–Trinajstić information content (AvgIpc) is 2.90. The molecule has 1 saturated heterocycles. The third kappa shape index (κ3) is 3.25. The molecule has 0 aromatic heterocycles. The Bertz CT molecular complexity index is 266. The summed E-state index contributed by atoms with van der Waals surface area (Å²) in [6, 6.07) is 0. The molecule has 2 rings (SSSR count). The monoisotopic (exact) mass is 252 g/mol. The number of rotatable bonds is 5. The lowest BCUT2D eigenvalue weighted by Gasteiger charge is -2.26. The van der Waals surface area contributed by atoms with Gasteiger partial charge in [-0.15, -0.1) is 0 Å². The van der Waals surface area contributed by atoms with E-state index in [0.29, 0.717) is 0 Å². The molecule has 0 aromatic carbocycles. The van der Waals surface area contributed by atoms with Gasteiger partial charge in [0.1, 0.15) is 0 Å². The molecule has 2 fully saturated rings. The SMILES string of the molecule is CCC1(C(=O)NCCC2CCCCC2)CCNC1. The molecule has 1 saturated carbocycles. The minimum Gasteiger partial charge on any atom is -0.356 e. The van der Waals surface area contributed by atoms with E-state index in [2.05, 4.69) is 17.6 Å². The maximum Gasteiger partial charge on any atom is 0.227 e. The highest BCUT2D eigenvalue weighted by Crippen LogP contribution is 2.30. The van der Waals surface area contributed by atoms with Crippen LogP contribution >= 0.6 is 0 Å². The smallest absolute Gasteiger partial charge is 0.227 e. The first-order valence-corrected chi connectivity index (χ1v) is 7.76. The number of carbonyl (C=O) groups is 1. The molecule has 1 aliphatic heterocycles. The highest BCUT2D eigenvalue weighted by Gasteiger charge is 2.39. The van der Waals surface area contributed by atoms with Crippen LogP contribution in [0.25, 0.3) is 0 Å². The van der Waals surface area contributed by atoms with Gasteiger partial charge >= 0.3 is 0 Å². The summed E-state index contributed by atoms with van der Waals surface area (Å²) < 4.78 is 0. The van der Waals surface area contributed by atoms with E-state index in [4.69, 9.17) is 0 Å². The summed E-state index contributed by atoms with van der Waals surface area (Å²) in [6.07, 6.45) is 10.1. The van der Waals surface area contributed by atoms with E-state index >= 15 is 0 Å². The Kier molecular flexibility index (Phi) is 5.04. The van der Waals surface area contributed by atoms with Crippen LogP contribution in [0.2, 0.25) is 0 Å². The quantitative estimate of drug-likeness (QED) is 0.789. The van der Waals surface area contributed by atoms with Gasteiger partial charge in [0.25, 0.3) is 0 Å². The van der Waals surface area contributed by atoms with Gasteiger partial charge in [-0.3, -0.25) is 4.79 Å². The van der Waals surface area contributed by atoms with E-state index in [-0.39, 0.29) is 11.3 Å². The summed E-state index contributed by atoms with van der Waals surface area (Å²) in [6.45, 7) is 4.86. The van der Waals surface area contributed by atoms with Gasteiger partial charge in [-0.25, -0.2) is 0 Å². The highest BCUT2D eigenvalue weighted by atomic mass is 16.2. The third-order valence-electron chi connectivity index (χ3n) is 4.97. The Morgan fingerprint density at radius 1 is 1.33 bits per heavy atom. The van der Waals surface area contributed by atoms with Crippen LogP contribution in [-0.2, 0) is 4.79 Å².